The monoisotopic (exact) mass is 474 g/mol. The number of carbonyl (C=O) groups excluding carboxylic acids is 4. The van der Waals surface area contributed by atoms with Gasteiger partial charge >= 0.3 is 24.1 Å². The molecule has 0 aromatic heterocycles. The minimum Gasteiger partial charge on any atom is -0.459 e. The molecule has 2 N–H and O–H groups in total. The van der Waals surface area contributed by atoms with E-state index in [2.05, 4.69) is 37.6 Å². The molecule has 0 saturated heterocycles. The van der Waals surface area contributed by atoms with Crippen LogP contribution >= 0.6 is 0 Å². The predicted molar refractivity (Wildman–Crippen MR) is 127 cm³/mol. The summed E-state index contributed by atoms with van der Waals surface area (Å²) in [5.74, 6) is -0.882. The van der Waals surface area contributed by atoms with Crippen LogP contribution in [0.25, 0.3) is 0 Å². The largest absolute Gasteiger partial charge is 0.459 e. The highest BCUT2D eigenvalue weighted by Gasteiger charge is 2.22. The molecule has 0 aliphatic carbocycles. The summed E-state index contributed by atoms with van der Waals surface area (Å²) >= 11 is 0. The van der Waals surface area contributed by atoms with E-state index in [0.29, 0.717) is 19.5 Å². The summed E-state index contributed by atoms with van der Waals surface area (Å²) in [6.45, 7) is 16.8. The molecule has 1 unspecified atom stereocenters. The molecule has 10 nitrogen and oxygen atoms in total. The van der Waals surface area contributed by atoms with E-state index in [9.17, 15) is 19.2 Å². The average molecular weight is 475 g/mol. The van der Waals surface area contributed by atoms with Gasteiger partial charge in [-0.25, -0.2) is 19.2 Å². The quantitative estimate of drug-likeness (QED) is 0.159. The molecule has 0 aliphatic heterocycles. The number of hydrogen-bond acceptors (Lipinski definition) is 8. The Morgan fingerprint density at radius 2 is 1.24 bits per heavy atom. The molecule has 0 aromatic carbocycles. The summed E-state index contributed by atoms with van der Waals surface area (Å²) in [5.41, 5.74) is 0.473. The number of esters is 2. The maximum Gasteiger partial charge on any atom is 0.407 e. The molecule has 0 spiro atoms. The summed E-state index contributed by atoms with van der Waals surface area (Å²) in [4.78, 5) is 45.9. The molecule has 0 saturated carbocycles. The lowest BCUT2D eigenvalue weighted by Gasteiger charge is -2.28. The lowest BCUT2D eigenvalue weighted by molar-refractivity contribution is -0.140. The van der Waals surface area contributed by atoms with Crippen molar-refractivity contribution in [1.29, 1.82) is 0 Å². The van der Waals surface area contributed by atoms with Crippen molar-refractivity contribution in [3.8, 4) is 0 Å². The van der Waals surface area contributed by atoms with Gasteiger partial charge in [-0.2, -0.15) is 0 Å². The van der Waals surface area contributed by atoms with Crippen molar-refractivity contribution in [3.05, 3.63) is 24.3 Å². The van der Waals surface area contributed by atoms with Gasteiger partial charge in [0.05, 0.1) is 0 Å². The number of nitrogens with one attached hydrogen (secondary N) is 2. The number of rotatable bonds is 15. The number of carbonyl (C=O) groups is 4. The van der Waals surface area contributed by atoms with Crippen molar-refractivity contribution in [3.63, 3.8) is 0 Å². The Hall–Kier alpha value is -3.04. The third-order valence-corrected chi connectivity index (χ3v) is 4.36. The Balaban J connectivity index is -0.00000512. The van der Waals surface area contributed by atoms with E-state index in [0.717, 1.165) is 6.42 Å². The molecule has 0 fully saturated rings. The van der Waals surface area contributed by atoms with Crippen LogP contribution in [0.3, 0.4) is 0 Å². The van der Waals surface area contributed by atoms with Crippen LogP contribution in [0.2, 0.25) is 0 Å². The van der Waals surface area contributed by atoms with Crippen LogP contribution in [0.1, 0.15) is 50.3 Å². The molecule has 0 bridgehead atoms. The molecule has 0 aromatic rings. The predicted octanol–water partition coefficient (Wildman–Crippen LogP) is 3.61. The molecule has 0 rings (SSSR count). The molecule has 1 atom stereocenters. The minimum absolute atomic E-state index is 0. The zero-order chi connectivity index (χ0) is 25.4. The van der Waals surface area contributed by atoms with E-state index in [-0.39, 0.29) is 51.8 Å². The second kappa shape index (κ2) is 15.7. The van der Waals surface area contributed by atoms with E-state index in [1.807, 2.05) is 6.92 Å². The Kier molecular flexibility index (Phi) is 14.3. The van der Waals surface area contributed by atoms with Crippen LogP contribution in [-0.4, -0.2) is 63.6 Å². The van der Waals surface area contributed by atoms with Gasteiger partial charge in [0.2, 0.25) is 0 Å². The van der Waals surface area contributed by atoms with Gasteiger partial charge in [-0.1, -0.05) is 33.9 Å². The van der Waals surface area contributed by atoms with E-state index < -0.39 is 24.1 Å². The first-order chi connectivity index (χ1) is 15.3. The average Bonchev–Trinajstić information content (AvgIpc) is 2.71. The molecule has 33 heavy (non-hydrogen) atoms. The van der Waals surface area contributed by atoms with Crippen LogP contribution in [0.5, 0.6) is 0 Å². The molecule has 0 aliphatic rings. The van der Waals surface area contributed by atoms with E-state index in [1.54, 1.807) is 0 Å². The van der Waals surface area contributed by atoms with Gasteiger partial charge in [0, 0.05) is 27.1 Å². The number of hydrogen-bond donors (Lipinski definition) is 2. The van der Waals surface area contributed by atoms with Gasteiger partial charge in [0.15, 0.2) is 0 Å². The first-order valence-corrected chi connectivity index (χ1v) is 10.8. The van der Waals surface area contributed by atoms with E-state index in [1.165, 1.54) is 13.8 Å². The Labute approximate surface area is 199 Å². The Morgan fingerprint density at radius 1 is 0.818 bits per heavy atom. The normalized spacial score (nSPS) is 11.5. The maximum absolute atomic E-state index is 11.7. The highest BCUT2D eigenvalue weighted by atomic mass is 16.6. The zero-order valence-electron chi connectivity index (χ0n) is 20.4. The molecule has 0 heterocycles. The van der Waals surface area contributed by atoms with Crippen LogP contribution in [0, 0.1) is 11.3 Å². The lowest BCUT2D eigenvalue weighted by atomic mass is 9.80. The summed E-state index contributed by atoms with van der Waals surface area (Å²) in [5, 5.41) is 5.35. The fourth-order valence-electron chi connectivity index (χ4n) is 2.76. The molecule has 2 amide bonds. The van der Waals surface area contributed by atoms with Gasteiger partial charge in [-0.15, -0.1) is 0 Å². The minimum atomic E-state index is -0.580. The summed E-state index contributed by atoms with van der Waals surface area (Å²) in [6, 6.07) is 0. The van der Waals surface area contributed by atoms with Gasteiger partial charge < -0.3 is 29.6 Å². The highest BCUT2D eigenvalue weighted by Crippen LogP contribution is 2.28. The van der Waals surface area contributed by atoms with Crippen molar-refractivity contribution in [1.82, 2.24) is 10.6 Å². The van der Waals surface area contributed by atoms with Gasteiger partial charge in [0.25, 0.3) is 0 Å². The smallest absolute Gasteiger partial charge is 0.407 e. The number of ether oxygens (including phenoxy) is 4. The third-order valence-electron chi connectivity index (χ3n) is 4.36. The van der Waals surface area contributed by atoms with Crippen molar-refractivity contribution in [2.75, 3.05) is 39.5 Å². The van der Waals surface area contributed by atoms with Crippen molar-refractivity contribution >= 4 is 24.1 Å². The molecular formula is C23H42N2O8. The van der Waals surface area contributed by atoms with Crippen LogP contribution in [0.15, 0.2) is 24.3 Å². The summed E-state index contributed by atoms with van der Waals surface area (Å²) in [7, 11) is 0. The molecule has 10 heteroatoms. The summed E-state index contributed by atoms with van der Waals surface area (Å²) in [6.07, 6.45) is 0.347. The number of alkyl carbamates (subject to hydrolysis) is 2. The van der Waals surface area contributed by atoms with Gasteiger partial charge in [-0.05, 0) is 38.0 Å². The fourth-order valence-corrected chi connectivity index (χ4v) is 2.76. The molecular weight excluding hydrogens is 432 g/mol. The Bertz CT molecular complexity index is 714. The van der Waals surface area contributed by atoms with Crippen LogP contribution in [-0.2, 0) is 28.5 Å². The second-order valence-corrected chi connectivity index (χ2v) is 8.64. The van der Waals surface area contributed by atoms with E-state index in [4.69, 9.17) is 18.9 Å². The SMILES string of the molecule is C=C(C)C(=O)OCCOC(=O)NCCC(C)(C)CC(C)CNC(=O)OCCOC(=O)C(=C)C.[HH].[HH]. The van der Waals surface area contributed by atoms with Crippen molar-refractivity contribution in [2.24, 2.45) is 11.3 Å². The van der Waals surface area contributed by atoms with Crippen LogP contribution < -0.4 is 10.6 Å². The molecule has 0 radical (unpaired) electrons. The maximum atomic E-state index is 11.7. The highest BCUT2D eigenvalue weighted by molar-refractivity contribution is 5.87. The fraction of sp³-hybridized carbons (Fsp3) is 0.652. The lowest BCUT2D eigenvalue weighted by Crippen LogP contribution is -2.33. The third kappa shape index (κ3) is 16.3. The Morgan fingerprint density at radius 3 is 1.70 bits per heavy atom. The van der Waals surface area contributed by atoms with Gasteiger partial charge in [-0.3, -0.25) is 0 Å². The first-order valence-electron chi connectivity index (χ1n) is 10.8. The van der Waals surface area contributed by atoms with E-state index >= 15 is 0 Å². The number of amides is 2. The first kappa shape index (κ1) is 30.0. The van der Waals surface area contributed by atoms with Crippen LogP contribution in [0.4, 0.5) is 9.59 Å². The zero-order valence-corrected chi connectivity index (χ0v) is 20.4. The van der Waals surface area contributed by atoms with Crippen molar-refractivity contribution < 1.29 is 41.0 Å². The topological polar surface area (TPSA) is 129 Å². The van der Waals surface area contributed by atoms with Gasteiger partial charge in [0.1, 0.15) is 26.4 Å². The second-order valence-electron chi connectivity index (χ2n) is 8.64. The standard InChI is InChI=1S/C23H38N2O8.2H2/c1-16(2)19(26)30-10-12-32-21(28)24-9-8-23(6,7)14-18(5)15-25-22(29)33-13-11-31-20(27)17(3)4;;/h18H,1,3,8-15H2,2,4-7H3,(H,24,28)(H,25,29);2*1H. The summed E-state index contributed by atoms with van der Waals surface area (Å²) < 4.78 is 19.6. The van der Waals surface area contributed by atoms with Crippen molar-refractivity contribution in [2.45, 2.75) is 47.5 Å². The molecule has 192 valence electrons.